The monoisotopic (exact) mass is 488 g/mol. The molecule has 2 aromatic carbocycles. The molecule has 1 saturated heterocycles. The number of fused-ring (bicyclic) bond motifs is 1. The van der Waals surface area contributed by atoms with E-state index < -0.39 is 0 Å². The number of esters is 1. The summed E-state index contributed by atoms with van der Waals surface area (Å²) in [4.78, 5) is 26.7. The molecule has 5 nitrogen and oxygen atoms in total. The van der Waals surface area contributed by atoms with E-state index in [1.807, 2.05) is 24.3 Å². The SMILES string of the molecule is CC(=O)Oc1cccc(C23CCN(C)CC2CC[C@H](NC(=O)Cc2ccc(Cl)c(Cl)c2)C3)c1. The second kappa shape index (κ2) is 10.0. The van der Waals surface area contributed by atoms with Crippen molar-refractivity contribution in [3.05, 3.63) is 63.6 Å². The number of nitrogens with zero attached hydrogens (tertiary/aromatic N) is 1. The number of carbonyl (C=O) groups excluding carboxylic acids is 2. The molecule has 33 heavy (non-hydrogen) atoms. The normalized spacial score (nSPS) is 25.2. The van der Waals surface area contributed by atoms with Gasteiger partial charge in [0.15, 0.2) is 0 Å². The Balaban J connectivity index is 1.53. The zero-order valence-corrected chi connectivity index (χ0v) is 20.6. The molecule has 1 saturated carbocycles. The lowest BCUT2D eigenvalue weighted by atomic mass is 9.58. The molecule has 1 amide bonds. The van der Waals surface area contributed by atoms with Crippen molar-refractivity contribution in [2.45, 2.75) is 50.5 Å². The molecule has 3 atom stereocenters. The summed E-state index contributed by atoms with van der Waals surface area (Å²) in [5.74, 6) is 0.749. The Morgan fingerprint density at radius 2 is 1.97 bits per heavy atom. The molecular formula is C26H30Cl2N2O3. The van der Waals surface area contributed by atoms with Crippen molar-refractivity contribution < 1.29 is 14.3 Å². The molecule has 4 rings (SSSR count). The summed E-state index contributed by atoms with van der Waals surface area (Å²) >= 11 is 12.1. The molecule has 1 aliphatic heterocycles. The molecule has 0 spiro atoms. The molecule has 2 fully saturated rings. The average Bonchev–Trinajstić information content (AvgIpc) is 2.76. The topological polar surface area (TPSA) is 58.6 Å². The minimum Gasteiger partial charge on any atom is -0.427 e. The Hall–Kier alpha value is -2.08. The largest absolute Gasteiger partial charge is 0.427 e. The van der Waals surface area contributed by atoms with Gasteiger partial charge in [-0.2, -0.15) is 0 Å². The third-order valence-corrected chi connectivity index (χ3v) is 7.85. The highest BCUT2D eigenvalue weighted by atomic mass is 35.5. The number of piperidine rings is 1. The smallest absolute Gasteiger partial charge is 0.308 e. The number of nitrogens with one attached hydrogen (secondary N) is 1. The molecule has 1 N–H and O–H groups in total. The summed E-state index contributed by atoms with van der Waals surface area (Å²) in [6.07, 6.45) is 4.16. The van der Waals surface area contributed by atoms with E-state index in [1.165, 1.54) is 12.5 Å². The van der Waals surface area contributed by atoms with Crippen LogP contribution in [0.1, 0.15) is 43.7 Å². The van der Waals surface area contributed by atoms with Crippen LogP contribution < -0.4 is 10.1 Å². The predicted molar refractivity (Wildman–Crippen MR) is 131 cm³/mol. The summed E-state index contributed by atoms with van der Waals surface area (Å²) in [6.45, 7) is 3.45. The van der Waals surface area contributed by atoms with Crippen LogP contribution in [0.25, 0.3) is 0 Å². The number of amides is 1. The van der Waals surface area contributed by atoms with Gasteiger partial charge >= 0.3 is 5.97 Å². The molecule has 1 aliphatic carbocycles. The maximum absolute atomic E-state index is 12.9. The summed E-state index contributed by atoms with van der Waals surface area (Å²) in [6, 6.07) is 13.3. The van der Waals surface area contributed by atoms with Gasteiger partial charge in [0.1, 0.15) is 5.75 Å². The Labute approximate surface area is 205 Å². The van der Waals surface area contributed by atoms with Gasteiger partial charge in [-0.1, -0.05) is 41.4 Å². The number of ether oxygens (including phenoxy) is 1. The minimum atomic E-state index is -0.319. The molecule has 0 radical (unpaired) electrons. The van der Waals surface area contributed by atoms with E-state index in [-0.39, 0.29) is 29.8 Å². The highest BCUT2D eigenvalue weighted by Gasteiger charge is 2.47. The van der Waals surface area contributed by atoms with E-state index >= 15 is 0 Å². The number of rotatable bonds is 5. The van der Waals surface area contributed by atoms with Gasteiger partial charge in [-0.15, -0.1) is 0 Å². The lowest BCUT2D eigenvalue weighted by molar-refractivity contribution is -0.132. The number of benzene rings is 2. The van der Waals surface area contributed by atoms with Gasteiger partial charge < -0.3 is 15.0 Å². The number of halogens is 2. The third kappa shape index (κ3) is 5.53. The van der Waals surface area contributed by atoms with Gasteiger partial charge in [0.25, 0.3) is 0 Å². The van der Waals surface area contributed by atoms with Crippen molar-refractivity contribution in [3.8, 4) is 5.75 Å². The van der Waals surface area contributed by atoms with Crippen LogP contribution in [0.5, 0.6) is 5.75 Å². The van der Waals surface area contributed by atoms with Crippen LogP contribution >= 0.6 is 23.2 Å². The molecule has 1 heterocycles. The number of hydrogen-bond donors (Lipinski definition) is 1. The van der Waals surface area contributed by atoms with E-state index in [9.17, 15) is 9.59 Å². The molecule has 176 valence electrons. The zero-order valence-electron chi connectivity index (χ0n) is 19.1. The number of hydrogen-bond acceptors (Lipinski definition) is 4. The van der Waals surface area contributed by atoms with Gasteiger partial charge in [0, 0.05) is 24.9 Å². The summed E-state index contributed by atoms with van der Waals surface area (Å²) in [7, 11) is 2.17. The fourth-order valence-electron chi connectivity index (χ4n) is 5.59. The van der Waals surface area contributed by atoms with E-state index in [2.05, 4.69) is 23.3 Å². The maximum atomic E-state index is 12.9. The van der Waals surface area contributed by atoms with Crippen LogP contribution in [-0.2, 0) is 21.4 Å². The van der Waals surface area contributed by atoms with Crippen LogP contribution in [-0.4, -0.2) is 43.0 Å². The summed E-state index contributed by atoms with van der Waals surface area (Å²) in [5, 5.41) is 4.22. The maximum Gasteiger partial charge on any atom is 0.308 e. The Bertz CT molecular complexity index is 1040. The van der Waals surface area contributed by atoms with Crippen molar-refractivity contribution in [3.63, 3.8) is 0 Å². The van der Waals surface area contributed by atoms with Gasteiger partial charge in [-0.25, -0.2) is 0 Å². The van der Waals surface area contributed by atoms with Gasteiger partial charge in [-0.3, -0.25) is 9.59 Å². The van der Waals surface area contributed by atoms with Gasteiger partial charge in [0.05, 0.1) is 16.5 Å². The first-order valence-corrected chi connectivity index (χ1v) is 12.2. The molecule has 7 heteroatoms. The summed E-state index contributed by atoms with van der Waals surface area (Å²) < 4.78 is 5.38. The predicted octanol–water partition coefficient (Wildman–Crippen LogP) is 5.02. The quantitative estimate of drug-likeness (QED) is 0.474. The fraction of sp³-hybridized carbons (Fsp3) is 0.462. The third-order valence-electron chi connectivity index (χ3n) is 7.11. The average molecular weight is 489 g/mol. The van der Waals surface area contributed by atoms with Gasteiger partial charge in [-0.05, 0) is 80.6 Å². The van der Waals surface area contributed by atoms with Crippen molar-refractivity contribution in [1.82, 2.24) is 10.2 Å². The second-order valence-corrected chi connectivity index (χ2v) is 10.3. The highest BCUT2D eigenvalue weighted by molar-refractivity contribution is 6.42. The van der Waals surface area contributed by atoms with Gasteiger partial charge in [0.2, 0.25) is 5.91 Å². The van der Waals surface area contributed by atoms with E-state index in [0.717, 1.165) is 44.3 Å². The number of carbonyl (C=O) groups is 2. The van der Waals surface area contributed by atoms with Crippen LogP contribution in [0.3, 0.4) is 0 Å². The van der Waals surface area contributed by atoms with Crippen molar-refractivity contribution in [1.29, 1.82) is 0 Å². The van der Waals surface area contributed by atoms with E-state index in [1.54, 1.807) is 12.1 Å². The molecule has 2 aliphatic rings. The van der Waals surface area contributed by atoms with Crippen molar-refractivity contribution in [2.75, 3.05) is 20.1 Å². The first kappa shape index (κ1) is 24.1. The molecule has 2 aromatic rings. The Morgan fingerprint density at radius 3 is 2.73 bits per heavy atom. The fourth-order valence-corrected chi connectivity index (χ4v) is 5.91. The Morgan fingerprint density at radius 1 is 1.15 bits per heavy atom. The van der Waals surface area contributed by atoms with Crippen molar-refractivity contribution >= 4 is 35.1 Å². The molecule has 2 unspecified atom stereocenters. The first-order chi connectivity index (χ1) is 15.7. The standard InChI is InChI=1S/C26H30Cl2N2O3/c1-17(31)33-22-5-3-4-19(14-22)26-10-11-30(2)16-20(26)7-8-21(15-26)29-25(32)13-18-6-9-23(27)24(28)12-18/h3-6,9,12,14,20-21H,7-8,10-11,13,15-16H2,1-2H3,(H,29,32)/t20?,21-,26?/m0/s1. The van der Waals surface area contributed by atoms with Crippen LogP contribution in [0.4, 0.5) is 0 Å². The molecule has 0 bridgehead atoms. The Kier molecular flexibility index (Phi) is 7.32. The molecule has 0 aromatic heterocycles. The highest BCUT2D eigenvalue weighted by Crippen LogP contribution is 2.49. The lowest BCUT2D eigenvalue weighted by Crippen LogP contribution is -2.55. The van der Waals surface area contributed by atoms with E-state index in [4.69, 9.17) is 27.9 Å². The van der Waals surface area contributed by atoms with Crippen LogP contribution in [0.2, 0.25) is 10.0 Å². The van der Waals surface area contributed by atoms with Crippen molar-refractivity contribution in [2.24, 2.45) is 5.92 Å². The number of likely N-dealkylation sites (tertiary alicyclic amines) is 1. The lowest BCUT2D eigenvalue weighted by Gasteiger charge is -2.52. The first-order valence-electron chi connectivity index (χ1n) is 11.5. The zero-order chi connectivity index (χ0) is 23.6. The molecular weight excluding hydrogens is 459 g/mol. The second-order valence-electron chi connectivity index (χ2n) is 9.46. The van der Waals surface area contributed by atoms with E-state index in [0.29, 0.717) is 21.7 Å². The summed E-state index contributed by atoms with van der Waals surface area (Å²) in [5.41, 5.74) is 1.99. The minimum absolute atomic E-state index is 0.00594. The van der Waals surface area contributed by atoms with Crippen LogP contribution in [0.15, 0.2) is 42.5 Å². The van der Waals surface area contributed by atoms with Crippen LogP contribution in [0, 0.1) is 5.92 Å².